The third-order valence-corrected chi connectivity index (χ3v) is 5.93. The molecule has 1 amide bonds. The summed E-state index contributed by atoms with van der Waals surface area (Å²) in [5.41, 5.74) is 3.71. The summed E-state index contributed by atoms with van der Waals surface area (Å²) in [4.78, 5) is 20.6. The van der Waals surface area contributed by atoms with Gasteiger partial charge in [-0.3, -0.25) is 9.69 Å². The van der Waals surface area contributed by atoms with E-state index in [-0.39, 0.29) is 5.91 Å². The van der Waals surface area contributed by atoms with Crippen molar-refractivity contribution in [2.45, 2.75) is 38.3 Å². The molecule has 0 bridgehead atoms. The lowest BCUT2D eigenvalue weighted by atomic mass is 10.0. The number of piperidine rings is 1. The van der Waals surface area contributed by atoms with E-state index in [9.17, 15) is 4.79 Å². The van der Waals surface area contributed by atoms with Gasteiger partial charge in [0, 0.05) is 49.2 Å². The number of aryl methyl sites for hydroxylation is 1. The Bertz CT molecular complexity index is 918. The van der Waals surface area contributed by atoms with Gasteiger partial charge in [0.25, 0.3) is 0 Å². The van der Waals surface area contributed by atoms with E-state index in [1.807, 2.05) is 12.3 Å². The number of carbonyl (C=O) groups is 1. The van der Waals surface area contributed by atoms with Gasteiger partial charge < -0.3 is 9.88 Å². The molecule has 0 aliphatic carbocycles. The molecular weight excluding hydrogens is 346 g/mol. The van der Waals surface area contributed by atoms with Crippen molar-refractivity contribution in [2.24, 2.45) is 0 Å². The molecule has 4 nitrogen and oxygen atoms in total. The highest BCUT2D eigenvalue weighted by atomic mass is 16.2. The zero-order chi connectivity index (χ0) is 19.3. The highest BCUT2D eigenvalue weighted by Gasteiger charge is 2.26. The first-order chi connectivity index (χ1) is 13.7. The van der Waals surface area contributed by atoms with Gasteiger partial charge in [0.2, 0.25) is 5.91 Å². The molecule has 4 heteroatoms. The van der Waals surface area contributed by atoms with Crippen LogP contribution in [0, 0.1) is 0 Å². The Morgan fingerprint density at radius 3 is 2.79 bits per heavy atom. The molecule has 28 heavy (non-hydrogen) atoms. The first-order valence-corrected chi connectivity index (χ1v) is 10.3. The van der Waals surface area contributed by atoms with Gasteiger partial charge in [-0.2, -0.15) is 0 Å². The second kappa shape index (κ2) is 8.61. The Balaban J connectivity index is 1.33. The summed E-state index contributed by atoms with van der Waals surface area (Å²) in [6.45, 7) is 2.67. The maximum absolute atomic E-state index is 12.9. The van der Waals surface area contributed by atoms with Crippen LogP contribution in [0.15, 0.2) is 60.8 Å². The Morgan fingerprint density at radius 1 is 1.14 bits per heavy atom. The van der Waals surface area contributed by atoms with Crippen molar-refractivity contribution in [1.82, 2.24) is 14.8 Å². The van der Waals surface area contributed by atoms with Crippen LogP contribution in [0.4, 0.5) is 0 Å². The quantitative estimate of drug-likeness (QED) is 0.700. The molecule has 0 radical (unpaired) electrons. The van der Waals surface area contributed by atoms with Crippen molar-refractivity contribution in [3.8, 4) is 0 Å². The molecule has 1 aliphatic rings. The highest BCUT2D eigenvalue weighted by Crippen LogP contribution is 2.21. The fourth-order valence-corrected chi connectivity index (χ4v) is 4.28. The van der Waals surface area contributed by atoms with Gasteiger partial charge >= 0.3 is 0 Å². The highest BCUT2D eigenvalue weighted by molar-refractivity contribution is 5.84. The van der Waals surface area contributed by atoms with E-state index < -0.39 is 0 Å². The van der Waals surface area contributed by atoms with Crippen LogP contribution >= 0.6 is 0 Å². The number of amides is 1. The van der Waals surface area contributed by atoms with Crippen molar-refractivity contribution < 1.29 is 4.79 Å². The minimum absolute atomic E-state index is 0.281. The number of nitrogens with one attached hydrogen (secondary N) is 1. The van der Waals surface area contributed by atoms with Crippen LogP contribution in [0.3, 0.4) is 0 Å². The van der Waals surface area contributed by atoms with Gasteiger partial charge in [-0.25, -0.2) is 0 Å². The third-order valence-electron chi connectivity index (χ3n) is 5.93. The molecular formula is C24H29N3O. The largest absolute Gasteiger partial charge is 0.361 e. The van der Waals surface area contributed by atoms with E-state index in [0.29, 0.717) is 12.5 Å². The fraction of sp³-hybridized carbons (Fsp3) is 0.375. The van der Waals surface area contributed by atoms with Gasteiger partial charge in [-0.05, 0) is 43.5 Å². The van der Waals surface area contributed by atoms with Crippen LogP contribution in [0.5, 0.6) is 0 Å². The van der Waals surface area contributed by atoms with Crippen LogP contribution in [0.2, 0.25) is 0 Å². The molecule has 2 heterocycles. The number of likely N-dealkylation sites (N-methyl/N-ethyl adjacent to an activating group) is 1. The minimum atomic E-state index is 0.281. The van der Waals surface area contributed by atoms with Crippen LogP contribution in [0.1, 0.15) is 30.4 Å². The zero-order valence-corrected chi connectivity index (χ0v) is 16.6. The maximum atomic E-state index is 12.9. The molecule has 2 aromatic carbocycles. The number of nitrogens with zero attached hydrogens (tertiary/aromatic N) is 2. The molecule has 0 spiro atoms. The Kier molecular flexibility index (Phi) is 5.77. The predicted octanol–water partition coefficient (Wildman–Crippen LogP) is 4.22. The summed E-state index contributed by atoms with van der Waals surface area (Å²) >= 11 is 0. The molecule has 1 atom stereocenters. The molecule has 1 aromatic heterocycles. The number of hydrogen-bond acceptors (Lipinski definition) is 2. The number of hydrogen-bond donors (Lipinski definition) is 1. The van der Waals surface area contributed by atoms with E-state index in [1.54, 1.807) is 0 Å². The van der Waals surface area contributed by atoms with Crippen molar-refractivity contribution in [3.63, 3.8) is 0 Å². The van der Waals surface area contributed by atoms with Crippen LogP contribution in [0.25, 0.3) is 10.9 Å². The van der Waals surface area contributed by atoms with Gasteiger partial charge in [-0.1, -0.05) is 48.5 Å². The van der Waals surface area contributed by atoms with Gasteiger partial charge in [0.05, 0.1) is 0 Å². The van der Waals surface area contributed by atoms with Gasteiger partial charge in [0.15, 0.2) is 0 Å². The number of para-hydroxylation sites is 1. The van der Waals surface area contributed by atoms with Crippen LogP contribution in [-0.4, -0.2) is 46.9 Å². The van der Waals surface area contributed by atoms with Crippen molar-refractivity contribution >= 4 is 16.8 Å². The maximum Gasteiger partial charge on any atom is 0.222 e. The minimum Gasteiger partial charge on any atom is -0.361 e. The summed E-state index contributed by atoms with van der Waals surface area (Å²) in [6.07, 6.45) is 5.67. The number of carbonyl (C=O) groups excluding carboxylic acids is 1. The smallest absolute Gasteiger partial charge is 0.222 e. The number of likely N-dealkylation sites (tertiary alicyclic amines) is 1. The average molecular weight is 376 g/mol. The molecule has 1 saturated heterocycles. The lowest BCUT2D eigenvalue weighted by Crippen LogP contribution is -2.48. The molecule has 1 aliphatic heterocycles. The summed E-state index contributed by atoms with van der Waals surface area (Å²) in [5, 5.41) is 1.23. The number of H-pyrrole nitrogens is 1. The predicted molar refractivity (Wildman–Crippen MR) is 114 cm³/mol. The first kappa shape index (κ1) is 18.8. The van der Waals surface area contributed by atoms with Gasteiger partial charge in [0.1, 0.15) is 0 Å². The number of fused-ring (bicyclic) bond motifs is 1. The number of benzene rings is 2. The number of aromatic amines is 1. The standard InChI is InChI=1S/C24H29N3O/c1-26(17-19-8-3-2-4-9-19)21-10-7-15-27(18-21)24(28)14-13-20-16-25-23-12-6-5-11-22(20)23/h2-6,8-9,11-12,16,21,25H,7,10,13-15,17-18H2,1H3/t21-/m0/s1. The normalized spacial score (nSPS) is 17.4. The Morgan fingerprint density at radius 2 is 1.93 bits per heavy atom. The van der Waals surface area contributed by atoms with E-state index in [1.165, 1.54) is 16.5 Å². The van der Waals surface area contributed by atoms with E-state index >= 15 is 0 Å². The molecule has 1 fully saturated rings. The molecule has 1 N–H and O–H groups in total. The van der Waals surface area contributed by atoms with E-state index in [2.05, 4.69) is 70.4 Å². The lowest BCUT2D eigenvalue weighted by molar-refractivity contribution is -0.133. The average Bonchev–Trinajstić information content (AvgIpc) is 3.16. The van der Waals surface area contributed by atoms with Crippen LogP contribution in [-0.2, 0) is 17.8 Å². The Labute approximate surface area is 167 Å². The van der Waals surface area contributed by atoms with Crippen LogP contribution < -0.4 is 0 Å². The molecule has 0 unspecified atom stereocenters. The number of rotatable bonds is 6. The summed E-state index contributed by atoms with van der Waals surface area (Å²) in [7, 11) is 2.18. The lowest BCUT2D eigenvalue weighted by Gasteiger charge is -2.37. The SMILES string of the molecule is CN(Cc1ccccc1)[C@H]1CCCN(C(=O)CCc2c[nH]c3ccccc23)C1. The summed E-state index contributed by atoms with van der Waals surface area (Å²) < 4.78 is 0. The molecule has 4 rings (SSSR count). The summed E-state index contributed by atoms with van der Waals surface area (Å²) in [6, 6.07) is 19.3. The molecule has 0 saturated carbocycles. The molecule has 146 valence electrons. The number of aromatic nitrogens is 1. The third kappa shape index (κ3) is 4.28. The van der Waals surface area contributed by atoms with Crippen molar-refractivity contribution in [3.05, 3.63) is 71.9 Å². The topological polar surface area (TPSA) is 39.3 Å². The molecule has 3 aromatic rings. The van der Waals surface area contributed by atoms with E-state index in [0.717, 1.165) is 44.4 Å². The first-order valence-electron chi connectivity index (χ1n) is 10.3. The van der Waals surface area contributed by atoms with Crippen molar-refractivity contribution in [2.75, 3.05) is 20.1 Å². The monoisotopic (exact) mass is 375 g/mol. The second-order valence-electron chi connectivity index (χ2n) is 7.90. The van der Waals surface area contributed by atoms with E-state index in [4.69, 9.17) is 0 Å². The van der Waals surface area contributed by atoms with Gasteiger partial charge in [-0.15, -0.1) is 0 Å². The summed E-state index contributed by atoms with van der Waals surface area (Å²) in [5.74, 6) is 0.281. The van der Waals surface area contributed by atoms with Crippen molar-refractivity contribution in [1.29, 1.82) is 0 Å². The fourth-order valence-electron chi connectivity index (χ4n) is 4.28. The zero-order valence-electron chi connectivity index (χ0n) is 16.6. The second-order valence-corrected chi connectivity index (χ2v) is 7.90. The Hall–Kier alpha value is -2.59.